The van der Waals surface area contributed by atoms with E-state index in [9.17, 15) is 0 Å². The molecule has 0 rings (SSSR count). The van der Waals surface area contributed by atoms with E-state index in [0.717, 1.165) is 0 Å². The first kappa shape index (κ1) is 12.5. The second-order valence-electron chi connectivity index (χ2n) is 1.88. The molecule has 0 heterocycles. The summed E-state index contributed by atoms with van der Waals surface area (Å²) >= 11 is 0. The van der Waals surface area contributed by atoms with Crippen LogP contribution in [0.2, 0.25) is 0 Å². The van der Waals surface area contributed by atoms with Crippen LogP contribution in [0.1, 0.15) is 0 Å². The van der Waals surface area contributed by atoms with Gasteiger partial charge in [0.05, 0.1) is 0 Å². The van der Waals surface area contributed by atoms with Crippen molar-refractivity contribution >= 4 is 0 Å². The Morgan fingerprint density at radius 3 is 0.615 bits per heavy atom. The van der Waals surface area contributed by atoms with E-state index in [4.69, 9.17) is 46.9 Å². The van der Waals surface area contributed by atoms with Gasteiger partial charge in [0.25, 0.3) is 15.2 Å². The van der Waals surface area contributed by atoms with Gasteiger partial charge in [0.2, 0.25) is 0 Å². The third kappa shape index (κ3) is 3.38. The van der Waals surface area contributed by atoms with Crippen molar-refractivity contribution in [3.8, 4) is 0 Å². The van der Waals surface area contributed by atoms with Crippen LogP contribution in [-0.4, -0.2) is 67.3 Å². The number of quaternary nitrogens is 3. The molecule has 0 aromatic rings. The third-order valence-corrected chi connectivity index (χ3v) is 0.720. The first-order valence-corrected chi connectivity index (χ1v) is 2.40. The van der Waals surface area contributed by atoms with Crippen LogP contribution < -0.4 is 0 Å². The summed E-state index contributed by atoms with van der Waals surface area (Å²) in [5.41, 5.74) is 0. The molecule has 0 saturated heterocycles. The van der Waals surface area contributed by atoms with Gasteiger partial charge in [-0.15, -0.1) is 46.9 Å². The van der Waals surface area contributed by atoms with Gasteiger partial charge in [0.15, 0.2) is 0 Å². The van der Waals surface area contributed by atoms with Crippen LogP contribution in [0.5, 0.6) is 0 Å². The summed E-state index contributed by atoms with van der Waals surface area (Å²) in [6, 6.07) is 0. The van der Waals surface area contributed by atoms with Gasteiger partial charge < -0.3 is 0 Å². The molecule has 0 amide bonds. The summed E-state index contributed by atoms with van der Waals surface area (Å²) in [6.45, 7) is 0. The summed E-state index contributed by atoms with van der Waals surface area (Å²) in [5, 5.41) is 60.5. The van der Waals surface area contributed by atoms with Crippen molar-refractivity contribution in [3.05, 3.63) is 0 Å². The highest BCUT2D eigenvalue weighted by Gasteiger charge is 2.71. The second-order valence-corrected chi connectivity index (χ2v) is 1.88. The average molecular weight is 209 g/mol. The number of nitrogens with zero attached hydrogens (tertiary/aromatic N) is 4. The number of hydrogen-bond donors (Lipinski definition) is 9. The molecule has 0 radical (unpaired) electrons. The highest BCUT2D eigenvalue weighted by Crippen LogP contribution is 2.13. The predicted octanol–water partition coefficient (Wildman–Crippen LogP) is -2.01. The molecule has 0 bridgehead atoms. The Morgan fingerprint density at radius 2 is 0.615 bits per heavy atom. The van der Waals surface area contributed by atoms with E-state index in [1.54, 1.807) is 0 Å². The van der Waals surface area contributed by atoms with Gasteiger partial charge in [-0.05, 0) is 0 Å². The molecule has 0 aromatic heterocycles. The lowest BCUT2D eigenvalue weighted by molar-refractivity contribution is -1.74. The average Bonchev–Trinajstić information content (AvgIpc) is 1.44. The minimum atomic E-state index is -3.69. The van der Waals surface area contributed by atoms with Crippen LogP contribution in [0.25, 0.3) is 0 Å². The summed E-state index contributed by atoms with van der Waals surface area (Å²) in [4.78, 5) is 0. The number of hydrogen-bond acceptors (Lipinski definition) is 10. The van der Waals surface area contributed by atoms with Crippen molar-refractivity contribution in [1.29, 1.82) is 0 Å². The molecule has 0 atom stereocenters. The molecule has 0 aliphatic heterocycles. The fourth-order valence-electron chi connectivity index (χ4n) is 0.483. The zero-order valence-corrected chi connectivity index (χ0v) is 5.81. The van der Waals surface area contributed by atoms with Crippen molar-refractivity contribution in [2.45, 2.75) is 0 Å². The maximum Gasteiger partial charge on any atom is 0.477 e. The molecule has 9 N–H and O–H groups in total. The van der Waals surface area contributed by atoms with Crippen LogP contribution in [0.15, 0.2) is 0 Å². The van der Waals surface area contributed by atoms with Crippen LogP contribution in [-0.2, 0) is 0 Å². The highest BCUT2D eigenvalue weighted by molar-refractivity contribution is 3.39. The molecular weight excluding hydrogens is 200 g/mol. The van der Waals surface area contributed by atoms with Crippen LogP contribution in [0, 0.1) is 0 Å². The van der Waals surface area contributed by atoms with Crippen LogP contribution in [0.3, 0.4) is 0 Å². The molecule has 80 valence electrons. The minimum Gasteiger partial charge on any atom is -0.115 e. The Morgan fingerprint density at radius 1 is 0.462 bits per heavy atom. The van der Waals surface area contributed by atoms with Crippen molar-refractivity contribution in [2.75, 3.05) is 0 Å². The minimum absolute atomic E-state index is 1.62. The van der Waals surface area contributed by atoms with Gasteiger partial charge in [-0.1, -0.05) is 0 Å². The van der Waals surface area contributed by atoms with Crippen molar-refractivity contribution in [1.82, 2.24) is 5.23 Å². The predicted molar refractivity (Wildman–Crippen MR) is 18.7 cm³/mol. The molecule has 0 aliphatic rings. The summed E-state index contributed by atoms with van der Waals surface area (Å²) in [7, 11) is 0. The van der Waals surface area contributed by atoms with E-state index >= 15 is 0 Å². The molecule has 0 saturated carbocycles. The van der Waals surface area contributed by atoms with Crippen molar-refractivity contribution in [2.24, 2.45) is 0 Å². The Bertz CT molecular complexity index is 134. The second kappa shape index (κ2) is 3.01. The first-order chi connectivity index (χ1) is 5.37. The zero-order chi connectivity index (χ0) is 11.1. The molecule has 0 fully saturated rings. The van der Waals surface area contributed by atoms with Gasteiger partial charge in [0, 0.05) is 0 Å². The van der Waals surface area contributed by atoms with Gasteiger partial charge in [-0.3, -0.25) is 0 Å². The maximum absolute atomic E-state index is 8.13. The lowest BCUT2D eigenvalue weighted by Gasteiger charge is -2.23. The third-order valence-electron chi connectivity index (χ3n) is 0.720. The largest absolute Gasteiger partial charge is 0.477 e. The van der Waals surface area contributed by atoms with Crippen molar-refractivity contribution in [3.63, 3.8) is 0 Å². The fourth-order valence-corrected chi connectivity index (χ4v) is 0.483. The Hall–Kier alpha value is -0.520. The monoisotopic (exact) mass is 209 g/mol. The molecular formula is H9N4O9+3. The fraction of sp³-hybridized carbons (Fsp3) is 0. The van der Waals surface area contributed by atoms with Crippen molar-refractivity contribution < 1.29 is 62.1 Å². The summed E-state index contributed by atoms with van der Waals surface area (Å²) in [6.07, 6.45) is 0. The molecule has 13 heavy (non-hydrogen) atoms. The first-order valence-electron chi connectivity index (χ1n) is 2.40. The van der Waals surface area contributed by atoms with Gasteiger partial charge in [-0.2, -0.15) is 0 Å². The number of rotatable bonds is 3. The quantitative estimate of drug-likeness (QED) is 0.185. The highest BCUT2D eigenvalue weighted by atomic mass is 17.3. The lowest BCUT2D eigenvalue weighted by atomic mass is 11.9. The van der Waals surface area contributed by atoms with Gasteiger partial charge in [0.1, 0.15) is 0 Å². The SMILES string of the molecule is O[N+](O)(O)N([N+](O)(O)O)[N+](O)(O)O. The van der Waals surface area contributed by atoms with Crippen LogP contribution >= 0.6 is 0 Å². The van der Waals surface area contributed by atoms with E-state index in [1.807, 2.05) is 0 Å². The molecule has 13 heteroatoms. The van der Waals surface area contributed by atoms with E-state index in [-0.39, 0.29) is 0 Å². The lowest BCUT2D eigenvalue weighted by Crippen LogP contribution is -2.77. The summed E-state index contributed by atoms with van der Waals surface area (Å²) < 4.78 is 0. The van der Waals surface area contributed by atoms with E-state index < -0.39 is 20.5 Å². The maximum atomic E-state index is 8.13. The smallest absolute Gasteiger partial charge is 0.115 e. The Kier molecular flexibility index (Phi) is 2.89. The van der Waals surface area contributed by atoms with E-state index in [1.165, 1.54) is 0 Å². The Labute approximate surface area is 68.7 Å². The molecule has 0 aromatic carbocycles. The molecule has 13 nitrogen and oxygen atoms in total. The standard InChI is InChI=1S/H9N4O9/c5-2(6,7)1(3(8,9)10)4(11,12)13/h5-13H/q+3. The van der Waals surface area contributed by atoms with E-state index in [2.05, 4.69) is 0 Å². The topological polar surface area (TPSA) is 185 Å². The molecule has 0 unspecified atom stereocenters. The zero-order valence-electron chi connectivity index (χ0n) is 5.81. The van der Waals surface area contributed by atoms with Gasteiger partial charge in [-0.25, -0.2) is 0 Å². The van der Waals surface area contributed by atoms with Crippen LogP contribution in [0.4, 0.5) is 0 Å². The van der Waals surface area contributed by atoms with Gasteiger partial charge >= 0.3 is 5.23 Å². The Balaban J connectivity index is 5.02. The molecule has 0 aliphatic carbocycles. The normalized spacial score (nSPS) is 15.2. The van der Waals surface area contributed by atoms with E-state index in [0.29, 0.717) is 0 Å². The molecule has 0 spiro atoms. The summed E-state index contributed by atoms with van der Waals surface area (Å²) in [5.74, 6) is 0.